The van der Waals surface area contributed by atoms with Crippen molar-refractivity contribution in [2.24, 2.45) is 0 Å². The topological polar surface area (TPSA) is 80.7 Å². The van der Waals surface area contributed by atoms with Crippen LogP contribution in [0.5, 0.6) is 0 Å². The summed E-state index contributed by atoms with van der Waals surface area (Å²) >= 11 is 0. The molecule has 3 aromatic rings. The quantitative estimate of drug-likeness (QED) is 0.605. The van der Waals surface area contributed by atoms with Gasteiger partial charge in [-0.25, -0.2) is 0 Å². The molecule has 0 aliphatic carbocycles. The average molecular weight is 441 g/mol. The Bertz CT molecular complexity index is 1050. The second-order valence-corrected chi connectivity index (χ2v) is 6.37. The number of amides is 1. The standard InChI is InChI=1S/C19H13F6N5O/c1-10(15-16(29-5-4-28-15)14-9-26-2-3-27-14)30-17(31)11-6-12(18(20,21)22)8-13(7-11)19(23,24)25/h2-10H,1H3,(H,30,31). The van der Waals surface area contributed by atoms with Gasteiger partial charge in [-0.2, -0.15) is 26.3 Å². The minimum atomic E-state index is -5.06. The first kappa shape index (κ1) is 22.1. The molecule has 0 aliphatic rings. The van der Waals surface area contributed by atoms with Gasteiger partial charge >= 0.3 is 12.4 Å². The molecule has 1 amide bonds. The van der Waals surface area contributed by atoms with Gasteiger partial charge in [0.1, 0.15) is 11.4 Å². The fraction of sp³-hybridized carbons (Fsp3) is 0.211. The van der Waals surface area contributed by atoms with Gasteiger partial charge in [0.05, 0.1) is 29.1 Å². The molecule has 1 atom stereocenters. The first-order chi connectivity index (χ1) is 14.5. The molecular formula is C19H13F6N5O. The van der Waals surface area contributed by atoms with E-state index in [0.717, 1.165) is 0 Å². The summed E-state index contributed by atoms with van der Waals surface area (Å²) in [6.07, 6.45) is -3.22. The summed E-state index contributed by atoms with van der Waals surface area (Å²) in [6, 6.07) is -0.244. The molecule has 1 unspecified atom stereocenters. The van der Waals surface area contributed by atoms with Gasteiger partial charge in [0.15, 0.2) is 0 Å². The van der Waals surface area contributed by atoms with Crippen LogP contribution in [0.1, 0.15) is 40.1 Å². The molecule has 6 nitrogen and oxygen atoms in total. The van der Waals surface area contributed by atoms with Crippen molar-refractivity contribution in [3.63, 3.8) is 0 Å². The van der Waals surface area contributed by atoms with E-state index in [1.165, 1.54) is 37.9 Å². The molecule has 0 bridgehead atoms. The number of alkyl halides is 6. The minimum absolute atomic E-state index is 0.0466. The number of nitrogens with zero attached hydrogens (tertiary/aromatic N) is 4. The maximum Gasteiger partial charge on any atom is 0.416 e. The van der Waals surface area contributed by atoms with Crippen LogP contribution < -0.4 is 5.32 Å². The molecule has 3 rings (SSSR count). The molecular weight excluding hydrogens is 428 g/mol. The Morgan fingerprint density at radius 2 is 1.45 bits per heavy atom. The molecule has 12 heteroatoms. The van der Waals surface area contributed by atoms with E-state index in [4.69, 9.17) is 0 Å². The first-order valence-corrected chi connectivity index (χ1v) is 8.64. The fourth-order valence-corrected chi connectivity index (χ4v) is 2.72. The Morgan fingerprint density at radius 1 is 0.871 bits per heavy atom. The number of rotatable bonds is 4. The number of carbonyl (C=O) groups excluding carboxylic acids is 1. The molecule has 0 saturated carbocycles. The van der Waals surface area contributed by atoms with Gasteiger partial charge in [-0.05, 0) is 25.1 Å². The fourth-order valence-electron chi connectivity index (χ4n) is 2.72. The third-order valence-electron chi connectivity index (χ3n) is 4.14. The van der Waals surface area contributed by atoms with Gasteiger partial charge in [-0.15, -0.1) is 0 Å². The third-order valence-corrected chi connectivity index (χ3v) is 4.14. The zero-order valence-electron chi connectivity index (χ0n) is 15.7. The lowest BCUT2D eigenvalue weighted by Crippen LogP contribution is -2.28. The molecule has 0 aliphatic heterocycles. The van der Waals surface area contributed by atoms with Crippen LogP contribution in [-0.2, 0) is 12.4 Å². The van der Waals surface area contributed by atoms with E-state index in [0.29, 0.717) is 17.8 Å². The van der Waals surface area contributed by atoms with Crippen LogP contribution in [0, 0.1) is 0 Å². The van der Waals surface area contributed by atoms with Gasteiger partial charge in [0.25, 0.3) is 5.91 Å². The Labute approximate surface area is 171 Å². The number of hydrogen-bond donors (Lipinski definition) is 1. The van der Waals surface area contributed by atoms with Gasteiger partial charge in [-0.3, -0.25) is 24.7 Å². The van der Waals surface area contributed by atoms with Crippen LogP contribution in [0.3, 0.4) is 0 Å². The largest absolute Gasteiger partial charge is 0.416 e. The van der Waals surface area contributed by atoms with Crippen molar-refractivity contribution in [1.29, 1.82) is 0 Å². The van der Waals surface area contributed by atoms with Gasteiger partial charge in [0.2, 0.25) is 0 Å². The lowest BCUT2D eigenvalue weighted by Gasteiger charge is -2.18. The molecule has 0 fully saturated rings. The van der Waals surface area contributed by atoms with Crippen molar-refractivity contribution in [3.05, 3.63) is 71.6 Å². The van der Waals surface area contributed by atoms with E-state index in [2.05, 4.69) is 25.3 Å². The Morgan fingerprint density at radius 3 is 2.00 bits per heavy atom. The average Bonchev–Trinajstić information content (AvgIpc) is 2.72. The van der Waals surface area contributed by atoms with E-state index < -0.39 is 41.0 Å². The van der Waals surface area contributed by atoms with Crippen LogP contribution >= 0.6 is 0 Å². The number of halogens is 6. The molecule has 0 spiro atoms. The molecule has 1 aromatic carbocycles. The lowest BCUT2D eigenvalue weighted by molar-refractivity contribution is -0.143. The van der Waals surface area contributed by atoms with Crippen molar-refractivity contribution in [1.82, 2.24) is 25.3 Å². The lowest BCUT2D eigenvalue weighted by atomic mass is 10.0. The van der Waals surface area contributed by atoms with Crippen molar-refractivity contribution in [2.75, 3.05) is 0 Å². The molecule has 2 heterocycles. The number of nitrogens with one attached hydrogen (secondary N) is 1. The van der Waals surface area contributed by atoms with Crippen molar-refractivity contribution in [2.45, 2.75) is 25.3 Å². The molecule has 2 aromatic heterocycles. The van der Waals surface area contributed by atoms with E-state index >= 15 is 0 Å². The summed E-state index contributed by atoms with van der Waals surface area (Å²) in [7, 11) is 0. The van der Waals surface area contributed by atoms with Gasteiger partial charge < -0.3 is 5.32 Å². The molecule has 0 saturated heterocycles. The number of aromatic nitrogens is 4. The Balaban J connectivity index is 1.94. The summed E-state index contributed by atoms with van der Waals surface area (Å²) in [4.78, 5) is 28.7. The summed E-state index contributed by atoms with van der Waals surface area (Å²) in [5, 5.41) is 2.36. The molecule has 0 radical (unpaired) electrons. The highest BCUT2D eigenvalue weighted by Crippen LogP contribution is 2.36. The van der Waals surface area contributed by atoms with Gasteiger partial charge in [-0.1, -0.05) is 0 Å². The van der Waals surface area contributed by atoms with E-state index in [9.17, 15) is 31.1 Å². The number of benzene rings is 1. The Kier molecular flexibility index (Phi) is 5.91. The van der Waals surface area contributed by atoms with Gasteiger partial charge in [0, 0.05) is 30.4 Å². The Hall–Kier alpha value is -3.57. The normalized spacial score (nSPS) is 13.0. The SMILES string of the molecule is CC(NC(=O)c1cc(C(F)(F)F)cc(C(F)(F)F)c1)c1nccnc1-c1cnccn1. The maximum absolute atomic E-state index is 13.0. The van der Waals surface area contributed by atoms with Crippen LogP contribution in [0.4, 0.5) is 26.3 Å². The highest BCUT2D eigenvalue weighted by molar-refractivity contribution is 5.95. The summed E-state index contributed by atoms with van der Waals surface area (Å²) < 4.78 is 78.2. The van der Waals surface area contributed by atoms with Crippen molar-refractivity contribution < 1.29 is 31.1 Å². The van der Waals surface area contributed by atoms with Crippen molar-refractivity contribution >= 4 is 5.91 Å². The molecule has 1 N–H and O–H groups in total. The smallest absolute Gasteiger partial charge is 0.344 e. The van der Waals surface area contributed by atoms with Crippen LogP contribution in [0.2, 0.25) is 0 Å². The summed E-state index contributed by atoms with van der Waals surface area (Å²) in [6.45, 7) is 1.46. The number of carbonyl (C=O) groups is 1. The van der Waals surface area contributed by atoms with E-state index in [1.54, 1.807) is 0 Å². The first-order valence-electron chi connectivity index (χ1n) is 8.64. The van der Waals surface area contributed by atoms with Crippen LogP contribution in [-0.4, -0.2) is 25.8 Å². The monoisotopic (exact) mass is 441 g/mol. The van der Waals surface area contributed by atoms with Crippen LogP contribution in [0.25, 0.3) is 11.4 Å². The third kappa shape index (κ3) is 5.13. The van der Waals surface area contributed by atoms with E-state index in [1.807, 2.05) is 0 Å². The predicted molar refractivity (Wildman–Crippen MR) is 95.4 cm³/mol. The minimum Gasteiger partial charge on any atom is -0.344 e. The van der Waals surface area contributed by atoms with E-state index in [-0.39, 0.29) is 17.5 Å². The second-order valence-electron chi connectivity index (χ2n) is 6.37. The zero-order valence-corrected chi connectivity index (χ0v) is 15.7. The molecule has 31 heavy (non-hydrogen) atoms. The van der Waals surface area contributed by atoms with Crippen LogP contribution in [0.15, 0.2) is 49.2 Å². The second kappa shape index (κ2) is 8.28. The molecule has 162 valence electrons. The van der Waals surface area contributed by atoms with Crippen molar-refractivity contribution in [3.8, 4) is 11.4 Å². The maximum atomic E-state index is 13.0. The highest BCUT2D eigenvalue weighted by atomic mass is 19.4. The summed E-state index contributed by atoms with van der Waals surface area (Å²) in [5.41, 5.74) is -3.17. The zero-order chi connectivity index (χ0) is 22.8. The summed E-state index contributed by atoms with van der Waals surface area (Å²) in [5.74, 6) is -1.14. The predicted octanol–water partition coefficient (Wildman–Crippen LogP) is 4.46. The highest BCUT2D eigenvalue weighted by Gasteiger charge is 2.37. The number of hydrogen-bond acceptors (Lipinski definition) is 5.